The summed E-state index contributed by atoms with van der Waals surface area (Å²) in [5, 5.41) is 3.90. The van der Waals surface area contributed by atoms with E-state index in [0.29, 0.717) is 16.5 Å². The number of amides is 1. The maximum atomic E-state index is 12.8. The highest BCUT2D eigenvalue weighted by atomic mass is 35.5. The van der Waals surface area contributed by atoms with Gasteiger partial charge in [0.25, 0.3) is 5.91 Å². The van der Waals surface area contributed by atoms with Crippen LogP contribution in [0.3, 0.4) is 0 Å². The largest absolute Gasteiger partial charge is 0.495 e. The molecule has 3 aromatic rings. The van der Waals surface area contributed by atoms with Crippen LogP contribution >= 0.6 is 11.6 Å². The first-order valence-corrected chi connectivity index (χ1v) is 8.77. The lowest BCUT2D eigenvalue weighted by atomic mass is 10.2. The van der Waals surface area contributed by atoms with Crippen molar-refractivity contribution in [1.82, 2.24) is 4.98 Å². The number of anilines is 3. The van der Waals surface area contributed by atoms with Crippen molar-refractivity contribution in [2.45, 2.75) is 6.92 Å². The molecule has 0 bridgehead atoms. The summed E-state index contributed by atoms with van der Waals surface area (Å²) >= 11 is 6.16. The van der Waals surface area contributed by atoms with Crippen LogP contribution in [0.5, 0.6) is 5.75 Å². The number of carbonyl (C=O) groups excluding carboxylic acids is 1. The van der Waals surface area contributed by atoms with Gasteiger partial charge in [0, 0.05) is 35.7 Å². The summed E-state index contributed by atoms with van der Waals surface area (Å²) in [4.78, 5) is 18.6. The number of nitrogens with one attached hydrogen (secondary N) is 1. The highest BCUT2D eigenvalue weighted by Crippen LogP contribution is 2.33. The van der Waals surface area contributed by atoms with Crippen LogP contribution in [0.2, 0.25) is 5.02 Å². The standard InChI is InChI=1S/C21H20ClN3O2/c1-14-11-18(20(27-3)13-17(14)22)24-15-9-10-23-19(12-15)21(26)25(2)16-7-5-4-6-8-16/h4-13H,1-3H3,(H,23,24). The zero-order valence-corrected chi connectivity index (χ0v) is 16.1. The minimum Gasteiger partial charge on any atom is -0.495 e. The number of carbonyl (C=O) groups is 1. The zero-order chi connectivity index (χ0) is 19.4. The Morgan fingerprint density at radius 1 is 1.15 bits per heavy atom. The summed E-state index contributed by atoms with van der Waals surface area (Å²) < 4.78 is 5.39. The predicted octanol–water partition coefficient (Wildman–Crippen LogP) is 5.07. The smallest absolute Gasteiger partial charge is 0.276 e. The Labute approximate surface area is 163 Å². The van der Waals surface area contributed by atoms with Crippen molar-refractivity contribution in [2.75, 3.05) is 24.4 Å². The van der Waals surface area contributed by atoms with E-state index < -0.39 is 0 Å². The Bertz CT molecular complexity index is 961. The topological polar surface area (TPSA) is 54.5 Å². The number of para-hydroxylation sites is 1. The number of hydrogen-bond donors (Lipinski definition) is 1. The number of methoxy groups -OCH3 is 1. The van der Waals surface area contributed by atoms with E-state index in [1.165, 1.54) is 0 Å². The predicted molar refractivity (Wildman–Crippen MR) is 109 cm³/mol. The average molecular weight is 382 g/mol. The first-order valence-electron chi connectivity index (χ1n) is 8.40. The maximum Gasteiger partial charge on any atom is 0.276 e. The molecule has 0 atom stereocenters. The van der Waals surface area contributed by atoms with Gasteiger partial charge in [-0.05, 0) is 42.8 Å². The number of rotatable bonds is 5. The molecule has 138 valence electrons. The van der Waals surface area contributed by atoms with Crippen molar-refractivity contribution < 1.29 is 9.53 Å². The maximum absolute atomic E-state index is 12.8. The summed E-state index contributed by atoms with van der Waals surface area (Å²) in [5.74, 6) is 0.431. The molecule has 0 saturated carbocycles. The molecule has 1 aromatic heterocycles. The van der Waals surface area contributed by atoms with Crippen molar-refractivity contribution in [3.8, 4) is 5.75 Å². The number of nitrogens with zero attached hydrogens (tertiary/aromatic N) is 2. The van der Waals surface area contributed by atoms with Crippen molar-refractivity contribution in [3.05, 3.63) is 77.1 Å². The minimum atomic E-state index is -0.191. The third-order valence-corrected chi connectivity index (χ3v) is 4.59. The van der Waals surface area contributed by atoms with E-state index in [-0.39, 0.29) is 5.91 Å². The lowest BCUT2D eigenvalue weighted by Crippen LogP contribution is -2.27. The van der Waals surface area contributed by atoms with E-state index in [0.717, 1.165) is 22.6 Å². The van der Waals surface area contributed by atoms with Gasteiger partial charge in [-0.1, -0.05) is 29.8 Å². The lowest BCUT2D eigenvalue weighted by Gasteiger charge is -2.17. The van der Waals surface area contributed by atoms with Crippen LogP contribution in [-0.2, 0) is 0 Å². The molecule has 0 unspecified atom stereocenters. The Morgan fingerprint density at radius 2 is 1.89 bits per heavy atom. The fraction of sp³-hybridized carbons (Fsp3) is 0.143. The van der Waals surface area contributed by atoms with Crippen LogP contribution in [0.25, 0.3) is 0 Å². The van der Waals surface area contributed by atoms with Gasteiger partial charge in [0.05, 0.1) is 12.8 Å². The summed E-state index contributed by atoms with van der Waals surface area (Å²) in [5.41, 5.74) is 3.57. The fourth-order valence-electron chi connectivity index (χ4n) is 2.65. The molecule has 0 aliphatic heterocycles. The van der Waals surface area contributed by atoms with Crippen LogP contribution < -0.4 is 15.0 Å². The molecule has 0 aliphatic carbocycles. The van der Waals surface area contributed by atoms with Gasteiger partial charge in [-0.25, -0.2) is 0 Å². The number of hydrogen-bond acceptors (Lipinski definition) is 4. The number of aromatic nitrogens is 1. The van der Waals surface area contributed by atoms with Gasteiger partial charge in [0.1, 0.15) is 11.4 Å². The van der Waals surface area contributed by atoms with Crippen LogP contribution in [0, 0.1) is 6.92 Å². The highest BCUT2D eigenvalue weighted by Gasteiger charge is 2.15. The molecule has 0 fully saturated rings. The van der Waals surface area contributed by atoms with Crippen LogP contribution in [-0.4, -0.2) is 25.0 Å². The van der Waals surface area contributed by atoms with Gasteiger partial charge in [0.2, 0.25) is 0 Å². The van der Waals surface area contributed by atoms with Crippen molar-refractivity contribution in [2.24, 2.45) is 0 Å². The molecule has 0 aliphatic rings. The van der Waals surface area contributed by atoms with Crippen LogP contribution in [0.15, 0.2) is 60.8 Å². The molecular weight excluding hydrogens is 362 g/mol. The SMILES string of the molecule is COc1cc(Cl)c(C)cc1Nc1ccnc(C(=O)N(C)c2ccccc2)c1. The molecule has 27 heavy (non-hydrogen) atoms. The van der Waals surface area contributed by atoms with E-state index in [4.69, 9.17) is 16.3 Å². The molecule has 0 spiro atoms. The van der Waals surface area contributed by atoms with E-state index in [9.17, 15) is 4.79 Å². The second kappa shape index (κ2) is 8.10. The van der Waals surface area contributed by atoms with Crippen LogP contribution in [0.4, 0.5) is 17.1 Å². The van der Waals surface area contributed by atoms with Gasteiger partial charge in [0.15, 0.2) is 0 Å². The Morgan fingerprint density at radius 3 is 2.59 bits per heavy atom. The molecule has 6 heteroatoms. The first kappa shape index (κ1) is 18.7. The quantitative estimate of drug-likeness (QED) is 0.670. The number of benzene rings is 2. The third kappa shape index (κ3) is 4.20. The number of ether oxygens (including phenoxy) is 1. The molecule has 0 radical (unpaired) electrons. The molecule has 3 rings (SSSR count). The summed E-state index contributed by atoms with van der Waals surface area (Å²) in [6.07, 6.45) is 1.60. The Balaban J connectivity index is 1.86. The molecule has 5 nitrogen and oxygen atoms in total. The van der Waals surface area contributed by atoms with E-state index >= 15 is 0 Å². The van der Waals surface area contributed by atoms with Crippen molar-refractivity contribution in [3.63, 3.8) is 0 Å². The Kier molecular flexibility index (Phi) is 5.62. The van der Waals surface area contributed by atoms with E-state index in [1.807, 2.05) is 43.3 Å². The molecule has 0 saturated heterocycles. The van der Waals surface area contributed by atoms with Gasteiger partial charge in [-0.2, -0.15) is 0 Å². The summed E-state index contributed by atoms with van der Waals surface area (Å²) in [6.45, 7) is 1.92. The second-order valence-electron chi connectivity index (χ2n) is 6.06. The number of halogens is 1. The van der Waals surface area contributed by atoms with Crippen molar-refractivity contribution >= 4 is 34.6 Å². The van der Waals surface area contributed by atoms with Gasteiger partial charge in [-0.15, -0.1) is 0 Å². The van der Waals surface area contributed by atoms with Crippen molar-refractivity contribution in [1.29, 1.82) is 0 Å². The van der Waals surface area contributed by atoms with Gasteiger partial charge >= 0.3 is 0 Å². The summed E-state index contributed by atoms with van der Waals surface area (Å²) in [6, 6.07) is 16.6. The highest BCUT2D eigenvalue weighted by molar-refractivity contribution is 6.31. The average Bonchev–Trinajstić information content (AvgIpc) is 2.70. The molecule has 1 amide bonds. The lowest BCUT2D eigenvalue weighted by molar-refractivity contribution is 0.0988. The minimum absolute atomic E-state index is 0.191. The molecule has 1 heterocycles. The van der Waals surface area contributed by atoms with E-state index in [2.05, 4.69) is 10.3 Å². The number of aryl methyl sites for hydroxylation is 1. The second-order valence-corrected chi connectivity index (χ2v) is 6.46. The number of pyridine rings is 1. The molecule has 2 aromatic carbocycles. The third-order valence-electron chi connectivity index (χ3n) is 4.19. The zero-order valence-electron chi connectivity index (χ0n) is 15.4. The van der Waals surface area contributed by atoms with Crippen LogP contribution in [0.1, 0.15) is 16.1 Å². The summed E-state index contributed by atoms with van der Waals surface area (Å²) in [7, 11) is 3.31. The van der Waals surface area contributed by atoms with Gasteiger partial charge in [-0.3, -0.25) is 9.78 Å². The Hall–Kier alpha value is -3.05. The molecule has 1 N–H and O–H groups in total. The first-order chi connectivity index (χ1) is 13.0. The molecular formula is C21H20ClN3O2. The fourth-order valence-corrected chi connectivity index (χ4v) is 2.80. The van der Waals surface area contributed by atoms with E-state index in [1.54, 1.807) is 43.5 Å². The normalized spacial score (nSPS) is 10.4. The monoisotopic (exact) mass is 381 g/mol. The van der Waals surface area contributed by atoms with Gasteiger partial charge < -0.3 is 15.0 Å².